The van der Waals surface area contributed by atoms with Crippen molar-refractivity contribution in [1.29, 1.82) is 0 Å². The van der Waals surface area contributed by atoms with Crippen molar-refractivity contribution in [3.63, 3.8) is 0 Å². The molecule has 8 heteroatoms. The molecule has 0 aliphatic carbocycles. The first-order valence-corrected chi connectivity index (χ1v) is 9.61. The van der Waals surface area contributed by atoms with Crippen LogP contribution in [0.15, 0.2) is 53.4 Å². The topological polar surface area (TPSA) is 66.5 Å². The van der Waals surface area contributed by atoms with E-state index in [1.54, 1.807) is 25.1 Å². The van der Waals surface area contributed by atoms with Crippen molar-refractivity contribution >= 4 is 15.9 Å². The zero-order valence-corrected chi connectivity index (χ0v) is 15.3. The highest BCUT2D eigenvalue weighted by molar-refractivity contribution is 7.91. The first kappa shape index (κ1) is 19.8. The molecule has 1 unspecified atom stereocenters. The Balaban J connectivity index is 1.96. The second-order valence-corrected chi connectivity index (χ2v) is 7.93. The molecule has 0 saturated heterocycles. The fourth-order valence-corrected chi connectivity index (χ4v) is 3.56. The van der Waals surface area contributed by atoms with E-state index in [-0.39, 0.29) is 22.8 Å². The number of nitrogens with one attached hydrogen (secondary N) is 1. The van der Waals surface area contributed by atoms with E-state index in [0.29, 0.717) is 0 Å². The Hall–Kier alpha value is -2.48. The van der Waals surface area contributed by atoms with E-state index in [4.69, 9.17) is 0 Å². The van der Waals surface area contributed by atoms with E-state index in [1.807, 2.05) is 0 Å². The lowest BCUT2D eigenvalue weighted by molar-refractivity contribution is 0.194. The zero-order valence-electron chi connectivity index (χ0n) is 14.4. The molecule has 0 heterocycles. The van der Waals surface area contributed by atoms with Gasteiger partial charge in [0.15, 0.2) is 9.84 Å². The quantitative estimate of drug-likeness (QED) is 0.835. The van der Waals surface area contributed by atoms with E-state index in [9.17, 15) is 22.0 Å². The van der Waals surface area contributed by atoms with Gasteiger partial charge < -0.3 is 10.2 Å². The molecule has 2 aromatic carbocycles. The lowest BCUT2D eigenvalue weighted by Gasteiger charge is -2.26. The summed E-state index contributed by atoms with van der Waals surface area (Å²) >= 11 is 0. The molecule has 0 fully saturated rings. The molecule has 140 valence electrons. The van der Waals surface area contributed by atoms with Gasteiger partial charge in [-0.05, 0) is 37.3 Å². The Kier molecular flexibility index (Phi) is 6.31. The molecule has 2 rings (SSSR count). The van der Waals surface area contributed by atoms with Crippen LogP contribution in [-0.4, -0.2) is 38.7 Å². The predicted octanol–water partition coefficient (Wildman–Crippen LogP) is 3.14. The van der Waals surface area contributed by atoms with Crippen LogP contribution in [0.4, 0.5) is 13.6 Å². The number of hydrogen-bond acceptors (Lipinski definition) is 3. The summed E-state index contributed by atoms with van der Waals surface area (Å²) in [6, 6.07) is 9.64. The van der Waals surface area contributed by atoms with Gasteiger partial charge in [0.05, 0.1) is 16.7 Å². The predicted molar refractivity (Wildman–Crippen MR) is 94.4 cm³/mol. The van der Waals surface area contributed by atoms with Crippen molar-refractivity contribution in [2.24, 2.45) is 0 Å². The third-order valence-electron chi connectivity index (χ3n) is 4.06. The van der Waals surface area contributed by atoms with E-state index in [1.165, 1.54) is 24.1 Å². The Labute approximate surface area is 151 Å². The SMILES string of the molecule is CC(c1cc(F)ccc1F)N(C)C(=O)NCCS(=O)(=O)c1ccccc1. The number of carbonyl (C=O) groups is 1. The van der Waals surface area contributed by atoms with Crippen molar-refractivity contribution in [2.75, 3.05) is 19.3 Å². The molecule has 0 radical (unpaired) electrons. The highest BCUT2D eigenvalue weighted by Crippen LogP contribution is 2.22. The maximum atomic E-state index is 13.8. The minimum absolute atomic E-state index is 0.0413. The van der Waals surface area contributed by atoms with Gasteiger partial charge in [0.25, 0.3) is 0 Å². The zero-order chi connectivity index (χ0) is 19.3. The molecule has 0 bridgehead atoms. The summed E-state index contributed by atoms with van der Waals surface area (Å²) in [6.45, 7) is 1.46. The Morgan fingerprint density at radius 2 is 1.81 bits per heavy atom. The minimum atomic E-state index is -3.51. The van der Waals surface area contributed by atoms with Gasteiger partial charge in [0.1, 0.15) is 11.6 Å². The number of carbonyl (C=O) groups excluding carboxylic acids is 1. The van der Waals surface area contributed by atoms with Gasteiger partial charge in [-0.25, -0.2) is 22.0 Å². The Morgan fingerprint density at radius 1 is 1.15 bits per heavy atom. The first-order chi connectivity index (χ1) is 12.2. The van der Waals surface area contributed by atoms with Gasteiger partial charge in [0, 0.05) is 19.2 Å². The van der Waals surface area contributed by atoms with Gasteiger partial charge >= 0.3 is 6.03 Å². The molecule has 26 heavy (non-hydrogen) atoms. The highest BCUT2D eigenvalue weighted by atomic mass is 32.2. The van der Waals surface area contributed by atoms with Gasteiger partial charge in [-0.3, -0.25) is 0 Å². The van der Waals surface area contributed by atoms with Gasteiger partial charge in [0.2, 0.25) is 0 Å². The lowest BCUT2D eigenvalue weighted by Crippen LogP contribution is -2.40. The number of rotatable bonds is 6. The number of amides is 2. The molecule has 5 nitrogen and oxygen atoms in total. The standard InChI is InChI=1S/C18H20F2N2O3S/c1-13(16-12-14(19)8-9-17(16)20)22(2)18(23)21-10-11-26(24,25)15-6-4-3-5-7-15/h3-9,12-13H,10-11H2,1-2H3,(H,21,23). The van der Waals surface area contributed by atoms with E-state index < -0.39 is 33.5 Å². The largest absolute Gasteiger partial charge is 0.337 e. The molecule has 0 aromatic heterocycles. The number of halogens is 2. The highest BCUT2D eigenvalue weighted by Gasteiger charge is 2.21. The van der Waals surface area contributed by atoms with Crippen LogP contribution < -0.4 is 5.32 Å². The summed E-state index contributed by atoms with van der Waals surface area (Å²) in [5.41, 5.74) is 0.0413. The van der Waals surface area contributed by atoms with Gasteiger partial charge in [-0.2, -0.15) is 0 Å². The molecule has 0 aliphatic heterocycles. The smallest absolute Gasteiger partial charge is 0.317 e. The number of urea groups is 1. The van der Waals surface area contributed by atoms with Gasteiger partial charge in [-0.15, -0.1) is 0 Å². The average Bonchev–Trinajstić information content (AvgIpc) is 2.63. The number of hydrogen-bond donors (Lipinski definition) is 1. The van der Waals surface area contributed by atoms with Crippen molar-refractivity contribution in [1.82, 2.24) is 10.2 Å². The second kappa shape index (κ2) is 8.27. The molecule has 1 atom stereocenters. The third kappa shape index (κ3) is 4.78. The molecule has 2 aromatic rings. The number of nitrogens with zero attached hydrogens (tertiary/aromatic N) is 1. The lowest BCUT2D eigenvalue weighted by atomic mass is 10.1. The summed E-state index contributed by atoms with van der Waals surface area (Å²) in [5, 5.41) is 2.48. The van der Waals surface area contributed by atoms with E-state index in [2.05, 4.69) is 5.32 Å². The van der Waals surface area contributed by atoms with Crippen molar-refractivity contribution in [3.8, 4) is 0 Å². The van der Waals surface area contributed by atoms with Crippen LogP contribution in [0.1, 0.15) is 18.5 Å². The third-order valence-corrected chi connectivity index (χ3v) is 5.79. The summed E-state index contributed by atoms with van der Waals surface area (Å²) in [7, 11) is -2.08. The second-order valence-electron chi connectivity index (χ2n) is 5.82. The monoisotopic (exact) mass is 382 g/mol. The van der Waals surface area contributed by atoms with Crippen molar-refractivity contribution in [2.45, 2.75) is 17.9 Å². The molecule has 0 aliphatic rings. The molecular formula is C18H20F2N2O3S. The summed E-state index contributed by atoms with van der Waals surface area (Å²) in [4.78, 5) is 13.5. The fraction of sp³-hybridized carbons (Fsp3) is 0.278. The maximum absolute atomic E-state index is 13.8. The minimum Gasteiger partial charge on any atom is -0.337 e. The summed E-state index contributed by atoms with van der Waals surface area (Å²) < 4.78 is 51.5. The van der Waals surface area contributed by atoms with Crippen LogP contribution in [0.2, 0.25) is 0 Å². The van der Waals surface area contributed by atoms with Crippen LogP contribution >= 0.6 is 0 Å². The summed E-state index contributed by atoms with van der Waals surface area (Å²) in [5.74, 6) is -1.49. The Bertz CT molecular complexity index is 873. The van der Waals surface area contributed by atoms with E-state index in [0.717, 1.165) is 18.2 Å². The Morgan fingerprint density at radius 3 is 2.46 bits per heavy atom. The normalized spacial score (nSPS) is 12.5. The van der Waals surface area contributed by atoms with Crippen molar-refractivity contribution < 1.29 is 22.0 Å². The average molecular weight is 382 g/mol. The number of benzene rings is 2. The molecule has 2 amide bonds. The van der Waals surface area contributed by atoms with Crippen LogP contribution in [0.5, 0.6) is 0 Å². The van der Waals surface area contributed by atoms with Crippen LogP contribution in [0.25, 0.3) is 0 Å². The van der Waals surface area contributed by atoms with Crippen molar-refractivity contribution in [3.05, 3.63) is 65.7 Å². The fourth-order valence-electron chi connectivity index (χ4n) is 2.38. The molecule has 1 N–H and O–H groups in total. The van der Waals surface area contributed by atoms with Crippen LogP contribution in [-0.2, 0) is 9.84 Å². The molecule has 0 saturated carbocycles. The van der Waals surface area contributed by atoms with Crippen LogP contribution in [0.3, 0.4) is 0 Å². The van der Waals surface area contributed by atoms with Gasteiger partial charge in [-0.1, -0.05) is 18.2 Å². The molecular weight excluding hydrogens is 362 g/mol. The first-order valence-electron chi connectivity index (χ1n) is 7.96. The maximum Gasteiger partial charge on any atom is 0.317 e. The van der Waals surface area contributed by atoms with E-state index >= 15 is 0 Å². The van der Waals surface area contributed by atoms with Crippen LogP contribution in [0, 0.1) is 11.6 Å². The summed E-state index contributed by atoms with van der Waals surface area (Å²) in [6.07, 6.45) is 0. The molecule has 0 spiro atoms. The number of sulfone groups is 1.